The number of carbonyl (C=O) groups is 1. The summed E-state index contributed by atoms with van der Waals surface area (Å²) in [6, 6.07) is -0.932. The number of rotatable bonds is 50. The number of allylic oxidation sites excluding steroid dienone is 21. The lowest BCUT2D eigenvalue weighted by Crippen LogP contribution is -2.45. The minimum Gasteiger partial charge on any atom is -0.756 e. The van der Waals surface area contributed by atoms with E-state index in [1.807, 2.05) is 27.2 Å². The van der Waals surface area contributed by atoms with Gasteiger partial charge in [-0.05, 0) is 103 Å². The first-order valence-corrected chi connectivity index (χ1v) is 30.0. The van der Waals surface area contributed by atoms with Crippen LogP contribution in [-0.4, -0.2) is 68.5 Å². The Morgan fingerprint density at radius 2 is 0.861 bits per heavy atom. The first kappa shape index (κ1) is 68.6. The third kappa shape index (κ3) is 54.4. The van der Waals surface area contributed by atoms with Crippen LogP contribution in [0, 0.1) is 0 Å². The lowest BCUT2D eigenvalue weighted by atomic mass is 10.0. The number of likely N-dealkylation sites (N-methyl/N-ethyl adjacent to an activating group) is 1. The highest BCUT2D eigenvalue weighted by atomic mass is 31.2. The largest absolute Gasteiger partial charge is 0.756 e. The summed E-state index contributed by atoms with van der Waals surface area (Å²) < 4.78 is 23.3. The summed E-state index contributed by atoms with van der Waals surface area (Å²) in [4.78, 5) is 25.5. The minimum atomic E-state index is -4.62. The second-order valence-corrected chi connectivity index (χ2v) is 21.3. The SMILES string of the molecule is CC/C=C\C/C=C\C/C=C\C/C=C\C/C=C\C/C=C\C/C=C\C/C=C\C/C=C\CCCCCC(=O)NC(COP(=O)([O-])OCC[N+](C)(C)C)C(O)/C=C/CC/C=C/CCCCCCCCCCCCCCC. The Morgan fingerprint density at radius 1 is 0.500 bits per heavy atom. The molecule has 0 fully saturated rings. The van der Waals surface area contributed by atoms with E-state index < -0.39 is 26.6 Å². The molecule has 3 unspecified atom stereocenters. The van der Waals surface area contributed by atoms with Crippen LogP contribution in [0.25, 0.3) is 0 Å². The van der Waals surface area contributed by atoms with Gasteiger partial charge in [0.2, 0.25) is 5.91 Å². The number of amides is 1. The number of carbonyl (C=O) groups excluding carboxylic acids is 1. The molecule has 0 aliphatic rings. The smallest absolute Gasteiger partial charge is 0.268 e. The highest BCUT2D eigenvalue weighted by Crippen LogP contribution is 2.38. The van der Waals surface area contributed by atoms with E-state index in [0.717, 1.165) is 96.3 Å². The summed E-state index contributed by atoms with van der Waals surface area (Å²) in [6.07, 6.45) is 79.5. The molecule has 3 atom stereocenters. The Bertz CT molecular complexity index is 1630. The van der Waals surface area contributed by atoms with E-state index in [9.17, 15) is 19.4 Å². The third-order valence-corrected chi connectivity index (χ3v) is 12.8. The van der Waals surface area contributed by atoms with E-state index >= 15 is 0 Å². The summed E-state index contributed by atoms with van der Waals surface area (Å²) >= 11 is 0. The summed E-state index contributed by atoms with van der Waals surface area (Å²) in [6.45, 7) is 4.47. The normalized spacial score (nSPS) is 14.9. The van der Waals surface area contributed by atoms with Crippen LogP contribution in [0.15, 0.2) is 134 Å². The number of nitrogens with zero attached hydrogens (tertiary/aromatic N) is 1. The zero-order valence-electron chi connectivity index (χ0n) is 46.6. The number of unbranched alkanes of at least 4 members (excludes halogenated alkanes) is 17. The fraction of sp³-hybridized carbons (Fsp3) is 0.635. The topological polar surface area (TPSA) is 108 Å². The highest BCUT2D eigenvalue weighted by Gasteiger charge is 2.23. The summed E-state index contributed by atoms with van der Waals surface area (Å²) in [5, 5.41) is 13.8. The van der Waals surface area contributed by atoms with E-state index in [4.69, 9.17) is 9.05 Å². The molecule has 0 radical (unpaired) electrons. The molecule has 1 amide bonds. The molecule has 410 valence electrons. The van der Waals surface area contributed by atoms with E-state index in [1.165, 1.54) is 83.5 Å². The zero-order valence-corrected chi connectivity index (χ0v) is 47.5. The minimum absolute atomic E-state index is 0.0209. The van der Waals surface area contributed by atoms with E-state index in [0.29, 0.717) is 17.4 Å². The fourth-order valence-electron chi connectivity index (χ4n) is 7.39. The molecule has 9 heteroatoms. The fourth-order valence-corrected chi connectivity index (χ4v) is 8.12. The van der Waals surface area contributed by atoms with Crippen LogP contribution < -0.4 is 10.2 Å². The molecule has 0 aliphatic carbocycles. The Kier molecular flexibility index (Phi) is 50.1. The van der Waals surface area contributed by atoms with Crippen molar-refractivity contribution in [2.24, 2.45) is 0 Å². The van der Waals surface area contributed by atoms with Gasteiger partial charge in [0, 0.05) is 6.42 Å². The van der Waals surface area contributed by atoms with Crippen LogP contribution in [0.2, 0.25) is 0 Å². The molecule has 0 saturated carbocycles. The predicted molar refractivity (Wildman–Crippen MR) is 311 cm³/mol. The maximum Gasteiger partial charge on any atom is 0.268 e. The molecule has 0 bridgehead atoms. The number of phosphoric ester groups is 1. The van der Waals surface area contributed by atoms with E-state index in [-0.39, 0.29) is 18.9 Å². The predicted octanol–water partition coefficient (Wildman–Crippen LogP) is 16.9. The molecule has 0 rings (SSSR count). The second kappa shape index (κ2) is 52.5. The van der Waals surface area contributed by atoms with Gasteiger partial charge in [-0.2, -0.15) is 0 Å². The van der Waals surface area contributed by atoms with Gasteiger partial charge in [-0.1, -0.05) is 231 Å². The third-order valence-electron chi connectivity index (χ3n) is 11.8. The van der Waals surface area contributed by atoms with Crippen molar-refractivity contribution in [2.75, 3.05) is 40.9 Å². The summed E-state index contributed by atoms with van der Waals surface area (Å²) in [7, 11) is 1.20. The van der Waals surface area contributed by atoms with Crippen molar-refractivity contribution in [2.45, 2.75) is 219 Å². The van der Waals surface area contributed by atoms with Gasteiger partial charge < -0.3 is 28.8 Å². The zero-order chi connectivity index (χ0) is 52.7. The number of quaternary nitrogens is 1. The maximum absolute atomic E-state index is 12.9. The molecule has 0 aliphatic heterocycles. The van der Waals surface area contributed by atoms with Crippen molar-refractivity contribution in [1.29, 1.82) is 0 Å². The van der Waals surface area contributed by atoms with Gasteiger partial charge in [-0.3, -0.25) is 9.36 Å². The van der Waals surface area contributed by atoms with Crippen LogP contribution >= 0.6 is 7.82 Å². The van der Waals surface area contributed by atoms with Crippen molar-refractivity contribution < 1.29 is 32.9 Å². The van der Waals surface area contributed by atoms with Gasteiger partial charge in [-0.25, -0.2) is 0 Å². The van der Waals surface area contributed by atoms with Crippen LogP contribution in [0.1, 0.15) is 206 Å². The Morgan fingerprint density at radius 3 is 1.29 bits per heavy atom. The van der Waals surface area contributed by atoms with Gasteiger partial charge in [-0.15, -0.1) is 0 Å². The maximum atomic E-state index is 12.9. The molecule has 0 aromatic carbocycles. The number of aliphatic hydroxyl groups is 1. The molecular weight excluding hydrogens is 912 g/mol. The summed E-state index contributed by atoms with van der Waals surface area (Å²) in [5.41, 5.74) is 0. The van der Waals surface area contributed by atoms with Crippen LogP contribution in [0.5, 0.6) is 0 Å². The molecule has 0 heterocycles. The number of hydrogen-bond acceptors (Lipinski definition) is 6. The molecular formula is C63H107N2O6P. The lowest BCUT2D eigenvalue weighted by molar-refractivity contribution is -0.870. The van der Waals surface area contributed by atoms with Gasteiger partial charge >= 0.3 is 0 Å². The molecule has 0 spiro atoms. The Labute approximate surface area is 443 Å². The molecule has 0 aromatic rings. The lowest BCUT2D eigenvalue weighted by Gasteiger charge is -2.29. The van der Waals surface area contributed by atoms with Crippen molar-refractivity contribution in [3.63, 3.8) is 0 Å². The van der Waals surface area contributed by atoms with E-state index in [1.54, 1.807) is 6.08 Å². The highest BCUT2D eigenvalue weighted by molar-refractivity contribution is 7.45. The molecule has 2 N–H and O–H groups in total. The van der Waals surface area contributed by atoms with Gasteiger partial charge in [0.05, 0.1) is 39.9 Å². The van der Waals surface area contributed by atoms with E-state index in [2.05, 4.69) is 141 Å². The summed E-state index contributed by atoms with van der Waals surface area (Å²) in [5.74, 6) is -0.245. The number of aliphatic hydroxyl groups excluding tert-OH is 1. The molecule has 0 saturated heterocycles. The molecule has 8 nitrogen and oxygen atoms in total. The average Bonchev–Trinajstić information content (AvgIpc) is 3.34. The molecule has 0 aromatic heterocycles. The van der Waals surface area contributed by atoms with Gasteiger partial charge in [0.25, 0.3) is 7.82 Å². The Balaban J connectivity index is 4.38. The van der Waals surface area contributed by atoms with Crippen LogP contribution in [-0.2, 0) is 18.4 Å². The van der Waals surface area contributed by atoms with Gasteiger partial charge in [0.1, 0.15) is 13.2 Å². The standard InChI is InChI=1S/C63H107N2O6P/c1-6-8-10-12-14-16-18-20-22-24-26-27-28-29-30-31-32-33-34-35-36-37-39-41-43-45-47-49-51-53-55-57-63(67)64-61(60-71-72(68,69)70-59-58-65(3,4)5)62(66)56-54-52-50-48-46-44-42-40-38-25-23-21-19-17-15-13-11-9-7-2/h8,10,14,16,20,22,26-27,29-30,32-33,35-36,39,41,45-48,54,56,61-62,66H,6-7,9,11-13,15,17-19,21,23-25,28,31,34,37-38,40,42-44,49-53,55,57-60H2,1-5H3,(H-,64,67,68,69)/b10-8-,16-14-,22-20-,27-26-,30-29-,33-32-,36-35-,41-39-,47-45-,48-46+,56-54+. The van der Waals surface area contributed by atoms with Gasteiger partial charge in [0.15, 0.2) is 0 Å². The quantitative estimate of drug-likeness (QED) is 0.0272. The second-order valence-electron chi connectivity index (χ2n) is 19.9. The Hall–Kier alpha value is -3.36. The van der Waals surface area contributed by atoms with Crippen molar-refractivity contribution in [3.05, 3.63) is 134 Å². The molecule has 72 heavy (non-hydrogen) atoms. The van der Waals surface area contributed by atoms with Crippen molar-refractivity contribution >= 4 is 13.7 Å². The van der Waals surface area contributed by atoms with Crippen LogP contribution in [0.4, 0.5) is 0 Å². The van der Waals surface area contributed by atoms with Crippen molar-refractivity contribution in [3.8, 4) is 0 Å². The number of phosphoric acid groups is 1. The average molecular weight is 1020 g/mol. The first-order valence-electron chi connectivity index (χ1n) is 28.5. The van der Waals surface area contributed by atoms with Crippen LogP contribution in [0.3, 0.4) is 0 Å². The number of nitrogens with one attached hydrogen (secondary N) is 1. The first-order chi connectivity index (χ1) is 35.0. The number of hydrogen-bond donors (Lipinski definition) is 2. The monoisotopic (exact) mass is 1020 g/mol. The van der Waals surface area contributed by atoms with Crippen molar-refractivity contribution in [1.82, 2.24) is 5.32 Å².